The van der Waals surface area contributed by atoms with Gasteiger partial charge in [0.05, 0.1) is 85.1 Å². The molecule has 0 saturated carbocycles. The summed E-state index contributed by atoms with van der Waals surface area (Å²) in [6.45, 7) is 14.5. The summed E-state index contributed by atoms with van der Waals surface area (Å²) in [6, 6.07) is 0. The summed E-state index contributed by atoms with van der Waals surface area (Å²) >= 11 is 0. The lowest BCUT2D eigenvalue weighted by atomic mass is 9.84. The van der Waals surface area contributed by atoms with Crippen LogP contribution in [0.5, 0.6) is 0 Å². The Hall–Kier alpha value is -4.60. The van der Waals surface area contributed by atoms with E-state index in [1.54, 1.807) is 84.1 Å². The molecule has 8 aliphatic rings. The lowest BCUT2D eigenvalue weighted by Gasteiger charge is -2.45. The molecule has 6 saturated heterocycles. The molecule has 0 amide bonds. The fraction of sp³-hybridized carbons (Fsp3) is 0.737. The van der Waals surface area contributed by atoms with Crippen molar-refractivity contribution in [3.8, 4) is 0 Å². The monoisotopic (exact) mass is 1440 g/mol. The van der Waals surface area contributed by atoms with Crippen molar-refractivity contribution in [3.05, 3.63) is 97.2 Å². The minimum atomic E-state index is -1.86. The van der Waals surface area contributed by atoms with E-state index in [9.17, 15) is 70.2 Å². The SMILES string of the molecule is CCC[C@@H]1C/C=C/C=C/C=C/C=C/[C@H](OC2OC(C)C3OC3(N)C2O)CC2O[C@](O)(C[C@@H](O)CCCC(=O)C[C@@H](O)[C@H](CC)C(=O)O1)C[C@H](O)[C@H]2C.CC[C@@H]1C(=O)O[C@H](C)C/C=C/C=C/C=C/C=C/[C@H](OC2OC(C)C3OC3(N)C2O)CC2O[C@](O)(C[C@@H](O)CCCC(=O)C[C@H]1O)C[C@H](O)[C@H]2C. The summed E-state index contributed by atoms with van der Waals surface area (Å²) < 4.78 is 59.0. The van der Waals surface area contributed by atoms with Gasteiger partial charge in [-0.1, -0.05) is 138 Å². The van der Waals surface area contributed by atoms with Crippen LogP contribution >= 0.6 is 0 Å². The Balaban J connectivity index is 0.000000286. The number of nitrogens with two attached hydrogens (primary N) is 2. The Morgan fingerprint density at radius 1 is 0.500 bits per heavy atom. The zero-order valence-corrected chi connectivity index (χ0v) is 60.6. The number of carbonyl (C=O) groups excluding carboxylic acids is 4. The number of hydrogen-bond donors (Lipinski definition) is 12. The molecule has 12 unspecified atom stereocenters. The van der Waals surface area contributed by atoms with Crippen LogP contribution < -0.4 is 11.5 Å². The summed E-state index contributed by atoms with van der Waals surface area (Å²) in [5.74, 6) is -7.78. The molecule has 0 aliphatic carbocycles. The lowest BCUT2D eigenvalue weighted by Crippen LogP contribution is -2.57. The van der Waals surface area contributed by atoms with E-state index in [4.69, 9.17) is 58.8 Å². The van der Waals surface area contributed by atoms with Gasteiger partial charge in [0.1, 0.15) is 48.2 Å². The van der Waals surface area contributed by atoms with Crippen molar-refractivity contribution in [1.82, 2.24) is 0 Å². The number of ketones is 2. The van der Waals surface area contributed by atoms with Gasteiger partial charge in [-0.15, -0.1) is 0 Å². The molecular weight excluding hydrogens is 1320 g/mol. The second-order valence-corrected chi connectivity index (χ2v) is 29.3. The van der Waals surface area contributed by atoms with E-state index in [2.05, 4.69) is 0 Å². The number of Topliss-reactive ketones (excluding diaryl/α,β-unsaturated/α-hetero) is 2. The van der Waals surface area contributed by atoms with Crippen LogP contribution in [-0.4, -0.2) is 220 Å². The van der Waals surface area contributed by atoms with Crippen molar-refractivity contribution >= 4 is 23.5 Å². The number of fused-ring (bicyclic) bond motifs is 6. The molecule has 8 rings (SSSR count). The van der Waals surface area contributed by atoms with Crippen LogP contribution in [0, 0.1) is 23.7 Å². The fourth-order valence-electron chi connectivity index (χ4n) is 14.3. The summed E-state index contributed by atoms with van der Waals surface area (Å²) in [6.07, 6.45) is 15.9. The number of esters is 2. The van der Waals surface area contributed by atoms with Crippen molar-refractivity contribution in [2.45, 2.75) is 329 Å². The van der Waals surface area contributed by atoms with Gasteiger partial charge in [0.2, 0.25) is 0 Å². The normalized spacial score (nSPS) is 46.2. The van der Waals surface area contributed by atoms with E-state index in [0.717, 1.165) is 6.42 Å². The Morgan fingerprint density at radius 3 is 1.30 bits per heavy atom. The first-order valence-electron chi connectivity index (χ1n) is 36.9. The predicted octanol–water partition coefficient (Wildman–Crippen LogP) is 5.23. The number of epoxide rings is 2. The summed E-state index contributed by atoms with van der Waals surface area (Å²) in [4.78, 5) is 51.3. The molecule has 28 atom stereocenters. The maximum Gasteiger partial charge on any atom is 0.311 e. The first kappa shape index (κ1) is 84.7. The molecule has 0 aromatic rings. The average molecular weight is 1440 g/mol. The minimum Gasteiger partial charge on any atom is -0.462 e. The molecule has 26 nitrogen and oxygen atoms in total. The maximum absolute atomic E-state index is 13.0. The zero-order chi connectivity index (χ0) is 74.7. The first-order chi connectivity index (χ1) is 48.3. The third-order valence-corrected chi connectivity index (χ3v) is 20.7. The van der Waals surface area contributed by atoms with Crippen molar-refractivity contribution in [2.24, 2.45) is 35.1 Å². The maximum atomic E-state index is 13.0. The van der Waals surface area contributed by atoms with Crippen LogP contribution in [0.15, 0.2) is 97.2 Å². The number of carbonyl (C=O) groups is 4. The number of aliphatic hydroxyl groups excluding tert-OH is 8. The van der Waals surface area contributed by atoms with Gasteiger partial charge in [0.15, 0.2) is 35.6 Å². The molecule has 8 aliphatic heterocycles. The van der Waals surface area contributed by atoms with Crippen LogP contribution in [0.4, 0.5) is 0 Å². The van der Waals surface area contributed by atoms with E-state index >= 15 is 0 Å². The second kappa shape index (κ2) is 39.3. The standard InChI is InChI=1S/C39H61NO12.C37H57NO12/c1-5-15-28-18-12-10-8-7-9-11-13-19-29(50-37-34(45)39(40)35(52-39)25(4)48-37)21-33-24(3)32(44)23-38(47,51-33)22-27(42)17-14-16-26(41)20-31(43)30(6-2)36(46)49-28;1-5-28-29(41)18-25(39)15-13-16-26(40)20-36(45)21-30(42)23(3)31(49-36)19-27(48-35-32(43)37(38)33(50-37)24(4)47-35)17-12-10-8-6-7-9-11-14-22(2)46-34(28)44/h7-13,19,24-25,27-35,37,42-45,47H,5-6,14-18,20-23,40H2,1-4H3;6-12,17,22-24,26-33,35,40-43,45H,5,13-16,18-21,38H2,1-4H3/b8-7+,11-9+,12-10+,19-13+;7-6+,10-8+,11-9+,17-12+/t24-,25?,27+,28-,29+,30+,31-,32+,33?,34?,35?,37?,38-,39?;22-,23-,24?,26+,27+,28+,29-,30+,31?,32?,33?,35?,36-,37?/m11/s1. The minimum absolute atomic E-state index is 0.0687. The molecule has 14 N–H and O–H groups in total. The highest BCUT2D eigenvalue weighted by atomic mass is 16.8. The van der Waals surface area contributed by atoms with E-state index in [0.29, 0.717) is 32.1 Å². The molecule has 6 fully saturated rings. The van der Waals surface area contributed by atoms with Gasteiger partial charge < -0.3 is 98.4 Å². The molecule has 0 radical (unpaired) electrons. The van der Waals surface area contributed by atoms with Crippen LogP contribution in [0.2, 0.25) is 0 Å². The van der Waals surface area contributed by atoms with Gasteiger partial charge in [-0.3, -0.25) is 30.6 Å². The highest BCUT2D eigenvalue weighted by Crippen LogP contribution is 2.47. The van der Waals surface area contributed by atoms with Gasteiger partial charge >= 0.3 is 11.9 Å². The summed E-state index contributed by atoms with van der Waals surface area (Å²) in [7, 11) is 0. The first-order valence-corrected chi connectivity index (χ1v) is 36.9. The molecule has 102 heavy (non-hydrogen) atoms. The number of hydrogen-bond acceptors (Lipinski definition) is 26. The molecular formula is C76H118N2O24. The van der Waals surface area contributed by atoms with E-state index in [1.807, 2.05) is 68.5 Å². The van der Waals surface area contributed by atoms with Gasteiger partial charge in [-0.05, 0) is 65.7 Å². The highest BCUT2D eigenvalue weighted by molar-refractivity contribution is 5.81. The molecule has 576 valence electrons. The third-order valence-electron chi connectivity index (χ3n) is 20.7. The van der Waals surface area contributed by atoms with Crippen LogP contribution in [-0.2, 0) is 66.5 Å². The summed E-state index contributed by atoms with van der Waals surface area (Å²) in [5, 5.41) is 110. The van der Waals surface area contributed by atoms with Crippen molar-refractivity contribution in [2.75, 3.05) is 0 Å². The molecule has 8 heterocycles. The molecule has 26 heteroatoms. The lowest BCUT2D eigenvalue weighted by molar-refractivity contribution is -0.306. The number of aliphatic hydroxyl groups is 10. The van der Waals surface area contributed by atoms with Crippen molar-refractivity contribution < 1.29 is 118 Å². The van der Waals surface area contributed by atoms with Crippen molar-refractivity contribution in [3.63, 3.8) is 0 Å². The number of allylic oxidation sites excluding steroid dienone is 12. The second-order valence-electron chi connectivity index (χ2n) is 29.3. The van der Waals surface area contributed by atoms with Gasteiger partial charge in [-0.2, -0.15) is 0 Å². The van der Waals surface area contributed by atoms with E-state index in [-0.39, 0.29) is 108 Å². The summed E-state index contributed by atoms with van der Waals surface area (Å²) in [5.41, 5.74) is 9.92. The van der Waals surface area contributed by atoms with Gasteiger partial charge in [-0.25, -0.2) is 0 Å². The average Bonchev–Trinajstić information content (AvgIpc) is 1.57. The fourth-order valence-corrected chi connectivity index (χ4v) is 14.3. The highest BCUT2D eigenvalue weighted by Gasteiger charge is 2.69. The van der Waals surface area contributed by atoms with Crippen molar-refractivity contribution in [1.29, 1.82) is 0 Å². The number of rotatable bonds is 8. The molecule has 0 spiro atoms. The Kier molecular flexibility index (Phi) is 32.6. The van der Waals surface area contributed by atoms with Gasteiger partial charge in [0, 0.05) is 88.9 Å². The molecule has 4 bridgehead atoms. The van der Waals surface area contributed by atoms with Crippen LogP contribution in [0.25, 0.3) is 0 Å². The molecule has 0 aromatic carbocycles. The largest absolute Gasteiger partial charge is 0.462 e. The van der Waals surface area contributed by atoms with Crippen LogP contribution in [0.1, 0.15) is 184 Å². The molecule has 0 aromatic heterocycles. The Labute approximate surface area is 600 Å². The van der Waals surface area contributed by atoms with E-state index in [1.165, 1.54) is 0 Å². The van der Waals surface area contributed by atoms with Gasteiger partial charge in [0.25, 0.3) is 0 Å². The van der Waals surface area contributed by atoms with Crippen LogP contribution in [0.3, 0.4) is 0 Å². The zero-order valence-electron chi connectivity index (χ0n) is 60.6. The quantitative estimate of drug-likeness (QED) is 0.109. The Morgan fingerprint density at radius 2 is 0.892 bits per heavy atom. The predicted molar refractivity (Wildman–Crippen MR) is 373 cm³/mol. The Bertz CT molecular complexity index is 2920. The topological polar surface area (TPSA) is 422 Å². The number of ether oxygens (including phenoxy) is 10. The third kappa shape index (κ3) is 24.5. The van der Waals surface area contributed by atoms with E-state index < -0.39 is 175 Å². The smallest absolute Gasteiger partial charge is 0.311 e. The number of cyclic esters (lactones) is 2.